The molecule has 0 saturated carbocycles. The number of ether oxygens (including phenoxy) is 2. The fraction of sp³-hybridized carbons (Fsp3) is 0.154. The van der Waals surface area contributed by atoms with Gasteiger partial charge in [0.1, 0.15) is 11.3 Å². The summed E-state index contributed by atoms with van der Waals surface area (Å²) in [7, 11) is 1.32. The van der Waals surface area contributed by atoms with Gasteiger partial charge in [-0.05, 0) is 60.9 Å². The highest BCUT2D eigenvalue weighted by Crippen LogP contribution is 2.42. The number of methoxy groups -OCH3 is 1. The monoisotopic (exact) mass is 541 g/mol. The quantitative estimate of drug-likeness (QED) is 0.206. The van der Waals surface area contributed by atoms with Gasteiger partial charge in [0.15, 0.2) is 16.5 Å². The number of halogens is 3. The van der Waals surface area contributed by atoms with Gasteiger partial charge in [0.05, 0.1) is 27.6 Å². The van der Waals surface area contributed by atoms with Gasteiger partial charge in [-0.2, -0.15) is 13.2 Å². The van der Waals surface area contributed by atoms with Crippen LogP contribution >= 0.6 is 11.3 Å². The molecule has 0 spiro atoms. The number of alkyl halides is 3. The minimum atomic E-state index is -4.88. The summed E-state index contributed by atoms with van der Waals surface area (Å²) in [5.74, 6) is -0.545. The van der Waals surface area contributed by atoms with Crippen molar-refractivity contribution in [1.82, 2.24) is 9.38 Å². The predicted octanol–water partition coefficient (Wildman–Crippen LogP) is 5.80. The minimum Gasteiger partial charge on any atom is -0.493 e. The van der Waals surface area contributed by atoms with E-state index in [0.717, 1.165) is 34.3 Å². The third kappa shape index (κ3) is 4.43. The molecule has 194 valence electrons. The Hall–Kier alpha value is -4.45. The van der Waals surface area contributed by atoms with Gasteiger partial charge in [0.25, 0.3) is 11.2 Å². The number of nitro benzene ring substituents is 1. The Morgan fingerprint density at radius 1 is 1.05 bits per heavy atom. The van der Waals surface area contributed by atoms with Crippen LogP contribution in [-0.4, -0.2) is 21.4 Å². The molecule has 0 amide bonds. The number of thiazole rings is 1. The topological polar surface area (TPSA) is 96.0 Å². The number of nitro groups is 1. The van der Waals surface area contributed by atoms with E-state index >= 15 is 0 Å². The Bertz CT molecular complexity index is 1860. The summed E-state index contributed by atoms with van der Waals surface area (Å²) in [5.41, 5.74) is 1.78. The molecule has 8 nitrogen and oxygen atoms in total. The summed E-state index contributed by atoms with van der Waals surface area (Å²) in [6, 6.07) is 10.6. The molecule has 0 unspecified atom stereocenters. The van der Waals surface area contributed by atoms with Gasteiger partial charge in [0, 0.05) is 12.1 Å². The highest BCUT2D eigenvalue weighted by atomic mass is 32.1. The molecule has 0 bridgehead atoms. The highest BCUT2D eigenvalue weighted by Gasteiger charge is 2.36. The molecule has 5 aromatic rings. The molecule has 38 heavy (non-hydrogen) atoms. The second-order valence-corrected chi connectivity index (χ2v) is 9.55. The molecule has 0 aliphatic rings. The second-order valence-electron chi connectivity index (χ2n) is 8.54. The Morgan fingerprint density at radius 3 is 2.47 bits per heavy atom. The molecule has 0 saturated heterocycles. The normalized spacial score (nSPS) is 12.4. The lowest BCUT2D eigenvalue weighted by atomic mass is 10.1. The van der Waals surface area contributed by atoms with Crippen molar-refractivity contribution in [2.45, 2.75) is 20.0 Å². The zero-order valence-electron chi connectivity index (χ0n) is 20.1. The highest BCUT2D eigenvalue weighted by molar-refractivity contribution is 7.15. The van der Waals surface area contributed by atoms with Crippen molar-refractivity contribution in [2.75, 3.05) is 7.11 Å². The van der Waals surface area contributed by atoms with Crippen LogP contribution in [-0.2, 0) is 6.18 Å². The van der Waals surface area contributed by atoms with Gasteiger partial charge >= 0.3 is 6.18 Å². The third-order valence-electron chi connectivity index (χ3n) is 5.86. The van der Waals surface area contributed by atoms with Crippen LogP contribution in [0.25, 0.3) is 22.1 Å². The lowest BCUT2D eigenvalue weighted by Gasteiger charge is -2.15. The molecule has 0 radical (unpaired) electrons. The van der Waals surface area contributed by atoms with Crippen LogP contribution in [0.4, 0.5) is 18.9 Å². The first-order valence-corrected chi connectivity index (χ1v) is 11.9. The van der Waals surface area contributed by atoms with Crippen LogP contribution in [0.5, 0.6) is 17.2 Å². The lowest BCUT2D eigenvalue weighted by molar-refractivity contribution is -0.385. The summed E-state index contributed by atoms with van der Waals surface area (Å²) in [6.07, 6.45) is -3.25. The molecule has 0 aliphatic carbocycles. The number of aryl methyl sites for hydroxylation is 2. The van der Waals surface area contributed by atoms with Crippen molar-refractivity contribution in [3.8, 4) is 17.2 Å². The number of imidazole rings is 1. The third-order valence-corrected chi connectivity index (χ3v) is 6.83. The van der Waals surface area contributed by atoms with E-state index in [1.165, 1.54) is 30.6 Å². The van der Waals surface area contributed by atoms with E-state index in [0.29, 0.717) is 21.1 Å². The van der Waals surface area contributed by atoms with Crippen molar-refractivity contribution in [3.63, 3.8) is 0 Å². The molecule has 12 heteroatoms. The number of aromatic nitrogens is 2. The molecule has 2 heterocycles. The standard InChI is InChI=1S/C26H18F3N3O5S/c1-13-8-14(2)23-18(9-13)31-24(33)22(38-25(31)30-23)11-15-4-6-20(21(10-15)36-3)37-19-7-5-16(32(34)35)12-17(19)26(27,28)29/h4-12H,1-3H3/b22-11-. The largest absolute Gasteiger partial charge is 0.493 e. The van der Waals surface area contributed by atoms with Crippen LogP contribution in [0, 0.1) is 24.0 Å². The summed E-state index contributed by atoms with van der Waals surface area (Å²) in [4.78, 5) is 28.4. The van der Waals surface area contributed by atoms with E-state index in [4.69, 9.17) is 9.47 Å². The molecular weight excluding hydrogens is 523 g/mol. The predicted molar refractivity (Wildman–Crippen MR) is 136 cm³/mol. The SMILES string of the molecule is COc1cc(/C=c2\sc3nc4c(C)cc(C)cc4n3c2=O)ccc1Oc1ccc([N+](=O)[O-])cc1C(F)(F)F. The Morgan fingerprint density at radius 2 is 1.79 bits per heavy atom. The van der Waals surface area contributed by atoms with Gasteiger partial charge in [-0.25, -0.2) is 9.38 Å². The summed E-state index contributed by atoms with van der Waals surface area (Å²) < 4.78 is 53.4. The molecule has 3 aromatic carbocycles. The summed E-state index contributed by atoms with van der Waals surface area (Å²) in [6.45, 7) is 3.88. The zero-order chi connectivity index (χ0) is 27.4. The van der Waals surface area contributed by atoms with Crippen molar-refractivity contribution in [3.05, 3.63) is 95.8 Å². The van der Waals surface area contributed by atoms with Crippen molar-refractivity contribution in [2.24, 2.45) is 0 Å². The van der Waals surface area contributed by atoms with Crippen LogP contribution < -0.4 is 19.6 Å². The maximum Gasteiger partial charge on any atom is 0.420 e. The fourth-order valence-corrected chi connectivity index (χ4v) is 5.16. The number of hydrogen-bond donors (Lipinski definition) is 0. The fourth-order valence-electron chi connectivity index (χ4n) is 4.18. The Kier molecular flexibility index (Phi) is 6.06. The maximum absolute atomic E-state index is 13.5. The number of rotatable bonds is 5. The van der Waals surface area contributed by atoms with E-state index in [1.807, 2.05) is 26.0 Å². The minimum absolute atomic E-state index is 0.0377. The molecule has 0 atom stereocenters. The Labute approximate surface area is 216 Å². The van der Waals surface area contributed by atoms with Gasteiger partial charge in [-0.15, -0.1) is 0 Å². The summed E-state index contributed by atoms with van der Waals surface area (Å²) in [5, 5.41) is 10.9. The van der Waals surface area contributed by atoms with Crippen LogP contribution in [0.1, 0.15) is 22.3 Å². The van der Waals surface area contributed by atoms with Crippen LogP contribution in [0.3, 0.4) is 0 Å². The first kappa shape index (κ1) is 25.2. The van der Waals surface area contributed by atoms with Crippen molar-refractivity contribution >= 4 is 39.1 Å². The number of nitrogens with zero attached hydrogens (tertiary/aromatic N) is 3. The molecule has 0 fully saturated rings. The molecule has 2 aromatic heterocycles. The average Bonchev–Trinajstić information content (AvgIpc) is 3.36. The van der Waals surface area contributed by atoms with Gasteiger partial charge in [0.2, 0.25) is 0 Å². The summed E-state index contributed by atoms with van der Waals surface area (Å²) >= 11 is 1.22. The molecule has 5 rings (SSSR count). The van der Waals surface area contributed by atoms with E-state index in [1.54, 1.807) is 16.5 Å². The molecule has 0 N–H and O–H groups in total. The number of benzene rings is 3. The Balaban J connectivity index is 1.55. The van der Waals surface area contributed by atoms with E-state index in [9.17, 15) is 28.1 Å². The lowest BCUT2D eigenvalue weighted by Crippen LogP contribution is -2.22. The first-order chi connectivity index (χ1) is 18.0. The molecule has 0 aliphatic heterocycles. The number of non-ortho nitro benzene ring substituents is 1. The average molecular weight is 542 g/mol. The van der Waals surface area contributed by atoms with E-state index < -0.39 is 28.1 Å². The van der Waals surface area contributed by atoms with Gasteiger partial charge in [-0.1, -0.05) is 23.5 Å². The number of fused-ring (bicyclic) bond motifs is 3. The first-order valence-electron chi connectivity index (χ1n) is 11.1. The smallest absolute Gasteiger partial charge is 0.420 e. The van der Waals surface area contributed by atoms with Gasteiger partial charge in [-0.3, -0.25) is 14.9 Å². The maximum atomic E-state index is 13.5. The van der Waals surface area contributed by atoms with Gasteiger partial charge < -0.3 is 9.47 Å². The van der Waals surface area contributed by atoms with E-state index in [2.05, 4.69) is 4.98 Å². The van der Waals surface area contributed by atoms with Crippen LogP contribution in [0.15, 0.2) is 53.3 Å². The van der Waals surface area contributed by atoms with E-state index in [-0.39, 0.29) is 17.1 Å². The van der Waals surface area contributed by atoms with Crippen LogP contribution in [0.2, 0.25) is 0 Å². The van der Waals surface area contributed by atoms with Crippen molar-refractivity contribution in [1.29, 1.82) is 0 Å². The zero-order valence-corrected chi connectivity index (χ0v) is 20.9. The second kappa shape index (κ2) is 9.14. The van der Waals surface area contributed by atoms with Crippen molar-refractivity contribution < 1.29 is 27.6 Å². The molecular formula is C26H18F3N3O5S. The number of hydrogen-bond acceptors (Lipinski definition) is 7.